The van der Waals surface area contributed by atoms with Gasteiger partial charge in [-0.05, 0) is 17.5 Å². The molecule has 0 bridgehead atoms. The summed E-state index contributed by atoms with van der Waals surface area (Å²) >= 11 is 0.918. The third kappa shape index (κ3) is 4.25. The van der Waals surface area contributed by atoms with E-state index in [1.165, 1.54) is 5.38 Å². The summed E-state index contributed by atoms with van der Waals surface area (Å²) in [5.74, 6) is -0.347. The van der Waals surface area contributed by atoms with E-state index < -0.39 is 27.6 Å². The van der Waals surface area contributed by atoms with E-state index in [-0.39, 0.29) is 11.3 Å². The Morgan fingerprint density at radius 3 is 2.44 bits per heavy atom. The molecule has 0 fully saturated rings. The van der Waals surface area contributed by atoms with Crippen molar-refractivity contribution in [2.75, 3.05) is 18.6 Å². The molecule has 0 saturated heterocycles. The van der Waals surface area contributed by atoms with Crippen LogP contribution in [0.3, 0.4) is 0 Å². The highest BCUT2D eigenvalue weighted by atomic mass is 32.2. The summed E-state index contributed by atoms with van der Waals surface area (Å²) in [6.45, 7) is 2.11. The van der Waals surface area contributed by atoms with Gasteiger partial charge in [0.1, 0.15) is 9.84 Å². The second-order valence-electron chi connectivity index (χ2n) is 3.94. The normalized spacial score (nSPS) is 14.7. The molecule has 1 atom stereocenters. The molecule has 0 aromatic carbocycles. The van der Waals surface area contributed by atoms with Crippen molar-refractivity contribution >= 4 is 21.2 Å². The van der Waals surface area contributed by atoms with E-state index in [9.17, 15) is 21.6 Å². The average molecular weight is 301 g/mol. The van der Waals surface area contributed by atoms with Gasteiger partial charge in [0.05, 0.1) is 11.3 Å². The summed E-state index contributed by atoms with van der Waals surface area (Å²) in [7, 11) is -3.36. The van der Waals surface area contributed by atoms with Gasteiger partial charge in [-0.1, -0.05) is 6.92 Å². The van der Waals surface area contributed by atoms with Gasteiger partial charge in [-0.3, -0.25) is 0 Å². The van der Waals surface area contributed by atoms with Crippen LogP contribution in [-0.4, -0.2) is 27.0 Å². The minimum Gasteiger partial charge on any atom is -0.309 e. The highest BCUT2D eigenvalue weighted by Gasteiger charge is 2.36. The maximum atomic E-state index is 12.7. The molecule has 104 valence electrons. The van der Waals surface area contributed by atoms with Crippen LogP contribution in [0.15, 0.2) is 10.8 Å². The van der Waals surface area contributed by atoms with Crippen molar-refractivity contribution in [3.05, 3.63) is 21.9 Å². The van der Waals surface area contributed by atoms with E-state index in [1.54, 1.807) is 6.92 Å². The fraction of sp³-hybridized carbons (Fsp3) is 0.600. The topological polar surface area (TPSA) is 46.2 Å². The van der Waals surface area contributed by atoms with E-state index in [2.05, 4.69) is 5.32 Å². The lowest BCUT2D eigenvalue weighted by Gasteiger charge is -2.19. The van der Waals surface area contributed by atoms with Crippen LogP contribution in [0.25, 0.3) is 0 Å². The highest BCUT2D eigenvalue weighted by Crippen LogP contribution is 2.37. The molecular weight excluding hydrogens is 287 g/mol. The maximum Gasteiger partial charge on any atom is 0.417 e. The SMILES string of the molecule is CCNC(CS(C)(=O)=O)c1cscc1C(F)(F)F. The molecule has 0 spiro atoms. The van der Waals surface area contributed by atoms with Crippen LogP contribution in [0.1, 0.15) is 24.1 Å². The van der Waals surface area contributed by atoms with Crippen LogP contribution >= 0.6 is 11.3 Å². The van der Waals surface area contributed by atoms with Gasteiger partial charge in [-0.15, -0.1) is 0 Å². The molecule has 8 heteroatoms. The first-order valence-corrected chi connectivity index (χ1v) is 8.20. The van der Waals surface area contributed by atoms with Crippen LogP contribution in [0.4, 0.5) is 13.2 Å². The predicted molar refractivity (Wildman–Crippen MR) is 65.4 cm³/mol. The molecule has 1 heterocycles. The van der Waals surface area contributed by atoms with E-state index in [4.69, 9.17) is 0 Å². The van der Waals surface area contributed by atoms with Gasteiger partial charge in [-0.25, -0.2) is 8.42 Å². The van der Waals surface area contributed by atoms with Gasteiger partial charge in [-0.2, -0.15) is 24.5 Å². The van der Waals surface area contributed by atoms with Gasteiger partial charge in [0.25, 0.3) is 0 Å². The predicted octanol–water partition coefficient (Wildman–Crippen LogP) is 2.46. The van der Waals surface area contributed by atoms with Crippen molar-refractivity contribution < 1.29 is 21.6 Å². The van der Waals surface area contributed by atoms with Crippen LogP contribution in [0, 0.1) is 0 Å². The first kappa shape index (κ1) is 15.5. The van der Waals surface area contributed by atoms with Gasteiger partial charge in [0.2, 0.25) is 0 Å². The first-order valence-electron chi connectivity index (χ1n) is 5.19. The summed E-state index contributed by atoms with van der Waals surface area (Å²) in [6, 6.07) is -0.826. The lowest BCUT2D eigenvalue weighted by atomic mass is 10.1. The van der Waals surface area contributed by atoms with Crippen molar-refractivity contribution in [2.24, 2.45) is 0 Å². The summed E-state index contributed by atoms with van der Waals surface area (Å²) in [5.41, 5.74) is -0.762. The number of sulfone groups is 1. The van der Waals surface area contributed by atoms with E-state index in [0.29, 0.717) is 6.54 Å². The van der Waals surface area contributed by atoms with E-state index in [1.807, 2.05) is 0 Å². The Kier molecular flexibility index (Phi) is 4.79. The number of alkyl halides is 3. The number of hydrogen-bond acceptors (Lipinski definition) is 4. The Labute approximate surface area is 108 Å². The van der Waals surface area contributed by atoms with Crippen molar-refractivity contribution in [3.63, 3.8) is 0 Å². The Bertz CT molecular complexity index is 493. The van der Waals surface area contributed by atoms with Crippen molar-refractivity contribution in [3.8, 4) is 0 Å². The number of hydrogen-bond donors (Lipinski definition) is 1. The summed E-state index contributed by atoms with van der Waals surface area (Å²) in [5, 5.41) is 5.13. The van der Waals surface area contributed by atoms with Crippen molar-refractivity contribution in [1.82, 2.24) is 5.32 Å². The minimum atomic E-state index is -4.46. The quantitative estimate of drug-likeness (QED) is 0.909. The van der Waals surface area contributed by atoms with Crippen molar-refractivity contribution in [2.45, 2.75) is 19.1 Å². The van der Waals surface area contributed by atoms with Gasteiger partial charge >= 0.3 is 6.18 Å². The van der Waals surface area contributed by atoms with Crippen molar-refractivity contribution in [1.29, 1.82) is 0 Å². The molecule has 0 radical (unpaired) electrons. The average Bonchev–Trinajstić information content (AvgIpc) is 2.62. The largest absolute Gasteiger partial charge is 0.417 e. The smallest absolute Gasteiger partial charge is 0.309 e. The Morgan fingerprint density at radius 1 is 1.39 bits per heavy atom. The summed E-state index contributed by atoms with van der Waals surface area (Å²) in [6.07, 6.45) is -3.45. The lowest BCUT2D eigenvalue weighted by molar-refractivity contribution is -0.138. The first-order chi connectivity index (χ1) is 8.15. The van der Waals surface area contributed by atoms with E-state index in [0.717, 1.165) is 23.0 Å². The molecule has 0 aliphatic rings. The Morgan fingerprint density at radius 2 is 2.00 bits per heavy atom. The van der Waals surface area contributed by atoms with Gasteiger partial charge in [0.15, 0.2) is 0 Å². The molecule has 0 saturated carbocycles. The summed E-state index contributed by atoms with van der Waals surface area (Å²) in [4.78, 5) is 0. The molecule has 3 nitrogen and oxygen atoms in total. The molecular formula is C10H14F3NO2S2. The molecule has 1 unspecified atom stereocenters. The molecule has 1 aromatic heterocycles. The minimum absolute atomic E-state index is 0.000208. The highest BCUT2D eigenvalue weighted by molar-refractivity contribution is 7.90. The number of nitrogens with one attached hydrogen (secondary N) is 1. The third-order valence-electron chi connectivity index (χ3n) is 2.29. The molecule has 1 rings (SSSR count). The van der Waals surface area contributed by atoms with Crippen LogP contribution in [0.5, 0.6) is 0 Å². The second kappa shape index (κ2) is 5.58. The van der Waals surface area contributed by atoms with Gasteiger partial charge in [0, 0.05) is 17.7 Å². The summed E-state index contributed by atoms with van der Waals surface area (Å²) < 4.78 is 60.7. The van der Waals surface area contributed by atoms with Gasteiger partial charge < -0.3 is 5.32 Å². The Hall–Kier alpha value is -0.600. The molecule has 0 aliphatic heterocycles. The zero-order valence-corrected chi connectivity index (χ0v) is 11.5. The van der Waals surface area contributed by atoms with E-state index >= 15 is 0 Å². The zero-order valence-electron chi connectivity index (χ0n) is 9.91. The van der Waals surface area contributed by atoms with Crippen LogP contribution in [-0.2, 0) is 16.0 Å². The number of rotatable bonds is 5. The molecule has 18 heavy (non-hydrogen) atoms. The molecule has 0 amide bonds. The number of halogens is 3. The standard InChI is InChI=1S/C10H14F3NO2S2/c1-3-14-9(6-18(2,15)16)7-4-17-5-8(7)10(11,12)13/h4-5,9,14H,3,6H2,1-2H3. The molecule has 0 aliphatic carbocycles. The third-order valence-corrected chi connectivity index (χ3v) is 3.99. The maximum absolute atomic E-state index is 12.7. The Balaban J connectivity index is 3.11. The number of thiophene rings is 1. The lowest BCUT2D eigenvalue weighted by Crippen LogP contribution is -2.29. The van der Waals surface area contributed by atoms with Crippen LogP contribution in [0.2, 0.25) is 0 Å². The fourth-order valence-corrected chi connectivity index (χ4v) is 3.43. The fourth-order valence-electron chi connectivity index (χ4n) is 1.62. The zero-order chi connectivity index (χ0) is 14.0. The van der Waals surface area contributed by atoms with Crippen LogP contribution < -0.4 is 5.32 Å². The molecule has 1 N–H and O–H groups in total. The molecule has 1 aromatic rings. The second-order valence-corrected chi connectivity index (χ2v) is 6.87. The monoisotopic (exact) mass is 301 g/mol.